The van der Waals surface area contributed by atoms with Crippen LogP contribution in [0.2, 0.25) is 0 Å². The van der Waals surface area contributed by atoms with Gasteiger partial charge in [-0.1, -0.05) is 0 Å². The third kappa shape index (κ3) is 4.21. The maximum Gasteiger partial charge on any atom is 0.251 e. The van der Waals surface area contributed by atoms with Gasteiger partial charge >= 0.3 is 0 Å². The average Bonchev–Trinajstić information content (AvgIpc) is 2.45. The van der Waals surface area contributed by atoms with Gasteiger partial charge in [-0.15, -0.1) is 0 Å². The SMILES string of the molecule is CC(C)OCCN1CCC2(CC1)CN(C(C)C)C(=O)C(C)O2. The summed E-state index contributed by atoms with van der Waals surface area (Å²) in [4.78, 5) is 16.7. The largest absolute Gasteiger partial charge is 0.377 e. The predicted molar refractivity (Wildman–Crippen MR) is 86.9 cm³/mol. The second-order valence-electron chi connectivity index (χ2n) is 7.26. The molecular formula is C17H32N2O3. The minimum Gasteiger partial charge on any atom is -0.377 e. The summed E-state index contributed by atoms with van der Waals surface area (Å²) in [5.74, 6) is 0.133. The predicted octanol–water partition coefficient (Wildman–Crippen LogP) is 1.90. The lowest BCUT2D eigenvalue weighted by atomic mass is 9.88. The molecule has 0 aliphatic carbocycles. The maximum absolute atomic E-state index is 12.2. The minimum absolute atomic E-state index is 0.133. The lowest BCUT2D eigenvalue weighted by Gasteiger charge is -2.50. The van der Waals surface area contributed by atoms with Crippen molar-refractivity contribution in [1.82, 2.24) is 9.80 Å². The fourth-order valence-electron chi connectivity index (χ4n) is 3.40. The molecule has 22 heavy (non-hydrogen) atoms. The molecule has 0 aromatic heterocycles. The number of hydrogen-bond donors (Lipinski definition) is 0. The van der Waals surface area contributed by atoms with E-state index < -0.39 is 0 Å². The zero-order chi connectivity index (χ0) is 16.3. The Morgan fingerprint density at radius 2 is 1.91 bits per heavy atom. The van der Waals surface area contributed by atoms with Crippen molar-refractivity contribution in [3.63, 3.8) is 0 Å². The average molecular weight is 312 g/mol. The summed E-state index contributed by atoms with van der Waals surface area (Å²) >= 11 is 0. The van der Waals surface area contributed by atoms with Crippen LogP contribution in [0.1, 0.15) is 47.5 Å². The van der Waals surface area contributed by atoms with Crippen molar-refractivity contribution >= 4 is 5.91 Å². The molecule has 0 N–H and O–H groups in total. The summed E-state index contributed by atoms with van der Waals surface area (Å²) in [5.41, 5.74) is -0.146. The monoisotopic (exact) mass is 312 g/mol. The van der Waals surface area contributed by atoms with Gasteiger partial charge in [0.25, 0.3) is 5.91 Å². The normalized spacial score (nSPS) is 26.4. The number of amides is 1. The molecule has 0 aromatic carbocycles. The van der Waals surface area contributed by atoms with Gasteiger partial charge in [0.15, 0.2) is 0 Å². The molecule has 2 aliphatic rings. The van der Waals surface area contributed by atoms with E-state index in [-0.39, 0.29) is 23.7 Å². The third-order valence-electron chi connectivity index (χ3n) is 4.77. The van der Waals surface area contributed by atoms with Crippen LogP contribution < -0.4 is 0 Å². The van der Waals surface area contributed by atoms with Crippen LogP contribution in [0.25, 0.3) is 0 Å². The molecule has 0 radical (unpaired) electrons. The fourth-order valence-corrected chi connectivity index (χ4v) is 3.40. The van der Waals surface area contributed by atoms with Crippen LogP contribution in [0.15, 0.2) is 0 Å². The Morgan fingerprint density at radius 3 is 2.45 bits per heavy atom. The van der Waals surface area contributed by atoms with Crippen LogP contribution in [0.5, 0.6) is 0 Å². The summed E-state index contributed by atoms with van der Waals surface area (Å²) in [6.45, 7) is 14.8. The van der Waals surface area contributed by atoms with Gasteiger partial charge in [0, 0.05) is 25.7 Å². The van der Waals surface area contributed by atoms with Crippen molar-refractivity contribution < 1.29 is 14.3 Å². The van der Waals surface area contributed by atoms with E-state index in [1.54, 1.807) is 0 Å². The second-order valence-corrected chi connectivity index (χ2v) is 7.26. The van der Waals surface area contributed by atoms with Gasteiger partial charge in [-0.25, -0.2) is 0 Å². The summed E-state index contributed by atoms with van der Waals surface area (Å²) < 4.78 is 11.8. The Balaban J connectivity index is 1.87. The van der Waals surface area contributed by atoms with Crippen molar-refractivity contribution in [2.45, 2.75) is 71.3 Å². The number of rotatable bonds is 5. The van der Waals surface area contributed by atoms with E-state index in [9.17, 15) is 4.79 Å². The Bertz CT molecular complexity index is 376. The standard InChI is InChI=1S/C17H32N2O3/c1-13(2)19-12-17(22-15(5)16(19)20)6-8-18(9-7-17)10-11-21-14(3)4/h13-15H,6-12H2,1-5H3. The molecule has 5 heteroatoms. The maximum atomic E-state index is 12.2. The van der Waals surface area contributed by atoms with Crippen molar-refractivity contribution in [3.05, 3.63) is 0 Å². The highest BCUT2D eigenvalue weighted by molar-refractivity contribution is 5.81. The topological polar surface area (TPSA) is 42.0 Å². The highest BCUT2D eigenvalue weighted by Gasteiger charge is 2.45. The van der Waals surface area contributed by atoms with Crippen LogP contribution in [-0.4, -0.2) is 72.3 Å². The number of morpholine rings is 1. The van der Waals surface area contributed by atoms with Gasteiger partial charge in [0.2, 0.25) is 0 Å². The lowest BCUT2D eigenvalue weighted by molar-refractivity contribution is -0.193. The molecule has 5 nitrogen and oxygen atoms in total. The van der Waals surface area contributed by atoms with Gasteiger partial charge in [-0.2, -0.15) is 0 Å². The number of carbonyl (C=O) groups excluding carboxylic acids is 1. The van der Waals surface area contributed by atoms with Gasteiger partial charge in [0.1, 0.15) is 6.10 Å². The van der Waals surface area contributed by atoms with Gasteiger partial charge in [0.05, 0.1) is 24.9 Å². The van der Waals surface area contributed by atoms with E-state index in [4.69, 9.17) is 9.47 Å². The zero-order valence-corrected chi connectivity index (χ0v) is 14.8. The van der Waals surface area contributed by atoms with E-state index >= 15 is 0 Å². The first kappa shape index (κ1) is 17.7. The number of ether oxygens (including phenoxy) is 2. The van der Waals surface area contributed by atoms with Gasteiger partial charge in [-0.05, 0) is 47.5 Å². The summed E-state index contributed by atoms with van der Waals surface area (Å²) in [6, 6.07) is 0.244. The number of nitrogens with zero attached hydrogens (tertiary/aromatic N) is 2. The first-order valence-electron chi connectivity index (χ1n) is 8.65. The van der Waals surface area contributed by atoms with Crippen molar-refractivity contribution in [2.75, 3.05) is 32.8 Å². The van der Waals surface area contributed by atoms with Crippen molar-refractivity contribution in [2.24, 2.45) is 0 Å². The summed E-state index contributed by atoms with van der Waals surface area (Å²) in [6.07, 6.45) is 1.97. The molecule has 2 rings (SSSR count). The molecule has 2 aliphatic heterocycles. The molecule has 0 aromatic rings. The fraction of sp³-hybridized carbons (Fsp3) is 0.941. The molecule has 2 heterocycles. The first-order valence-corrected chi connectivity index (χ1v) is 8.65. The van der Waals surface area contributed by atoms with Crippen molar-refractivity contribution in [3.8, 4) is 0 Å². The molecule has 1 spiro atoms. The van der Waals surface area contributed by atoms with Crippen LogP contribution in [-0.2, 0) is 14.3 Å². The van der Waals surface area contributed by atoms with E-state index in [0.29, 0.717) is 6.10 Å². The molecule has 2 fully saturated rings. The number of likely N-dealkylation sites (tertiary alicyclic amines) is 1. The minimum atomic E-state index is -0.313. The van der Waals surface area contributed by atoms with E-state index in [1.807, 2.05) is 11.8 Å². The second kappa shape index (κ2) is 7.28. The van der Waals surface area contributed by atoms with E-state index in [1.165, 1.54) is 0 Å². The highest BCUT2D eigenvalue weighted by atomic mass is 16.5. The quantitative estimate of drug-likeness (QED) is 0.777. The number of carbonyl (C=O) groups is 1. The summed E-state index contributed by atoms with van der Waals surface area (Å²) in [5, 5.41) is 0. The smallest absolute Gasteiger partial charge is 0.251 e. The Morgan fingerprint density at radius 1 is 1.27 bits per heavy atom. The van der Waals surface area contributed by atoms with E-state index in [0.717, 1.165) is 45.6 Å². The Kier molecular flexibility index (Phi) is 5.86. The molecule has 128 valence electrons. The Hall–Kier alpha value is -0.650. The molecule has 0 saturated carbocycles. The number of piperidine rings is 1. The third-order valence-corrected chi connectivity index (χ3v) is 4.77. The molecule has 1 atom stereocenters. The molecule has 2 saturated heterocycles. The molecule has 0 bridgehead atoms. The number of hydrogen-bond acceptors (Lipinski definition) is 4. The zero-order valence-electron chi connectivity index (χ0n) is 14.8. The molecular weight excluding hydrogens is 280 g/mol. The Labute approximate surface area is 134 Å². The molecule has 1 amide bonds. The lowest BCUT2D eigenvalue weighted by Crippen LogP contribution is -2.62. The van der Waals surface area contributed by atoms with Crippen LogP contribution >= 0.6 is 0 Å². The first-order chi connectivity index (χ1) is 10.3. The molecule has 1 unspecified atom stereocenters. The van der Waals surface area contributed by atoms with Crippen molar-refractivity contribution in [1.29, 1.82) is 0 Å². The van der Waals surface area contributed by atoms with Crippen LogP contribution in [0.3, 0.4) is 0 Å². The van der Waals surface area contributed by atoms with Crippen LogP contribution in [0.4, 0.5) is 0 Å². The van der Waals surface area contributed by atoms with Crippen LogP contribution in [0, 0.1) is 0 Å². The van der Waals surface area contributed by atoms with Gasteiger partial charge < -0.3 is 19.3 Å². The highest BCUT2D eigenvalue weighted by Crippen LogP contribution is 2.33. The van der Waals surface area contributed by atoms with E-state index in [2.05, 4.69) is 32.6 Å². The summed E-state index contributed by atoms with van der Waals surface area (Å²) in [7, 11) is 0. The van der Waals surface area contributed by atoms with Gasteiger partial charge in [-0.3, -0.25) is 4.79 Å².